The highest BCUT2D eigenvalue weighted by molar-refractivity contribution is 6.30. The molecule has 0 aromatic heterocycles. The van der Waals surface area contributed by atoms with Gasteiger partial charge >= 0.3 is 6.03 Å². The van der Waals surface area contributed by atoms with Crippen molar-refractivity contribution in [1.29, 1.82) is 0 Å². The standard InChI is InChI=1S/C22H25ClN4O3/c1-30-20-5-3-2-4-19(20)24-10-12-25(13-11-24)21(28)16-26-14-15-27(22(26)29)18-8-6-17(23)7-9-18/h2-9H,10-16H2,1H3. The normalized spacial score (nSPS) is 16.9. The maximum atomic E-state index is 12.8. The highest BCUT2D eigenvalue weighted by atomic mass is 35.5. The van der Waals surface area contributed by atoms with Crippen molar-refractivity contribution in [1.82, 2.24) is 9.80 Å². The molecule has 0 bridgehead atoms. The van der Waals surface area contributed by atoms with Gasteiger partial charge in [-0.25, -0.2) is 4.79 Å². The molecule has 30 heavy (non-hydrogen) atoms. The Kier molecular flexibility index (Phi) is 5.99. The van der Waals surface area contributed by atoms with Crippen molar-refractivity contribution in [2.45, 2.75) is 0 Å². The minimum absolute atomic E-state index is 0.0130. The number of halogens is 1. The lowest BCUT2D eigenvalue weighted by Gasteiger charge is -2.37. The number of benzene rings is 2. The lowest BCUT2D eigenvalue weighted by Crippen LogP contribution is -2.51. The molecule has 2 heterocycles. The van der Waals surface area contributed by atoms with E-state index in [0.29, 0.717) is 31.2 Å². The van der Waals surface area contributed by atoms with Crippen molar-refractivity contribution in [2.75, 3.05) is 62.7 Å². The fourth-order valence-corrected chi connectivity index (χ4v) is 4.07. The first-order valence-corrected chi connectivity index (χ1v) is 10.4. The molecule has 0 saturated carbocycles. The van der Waals surface area contributed by atoms with Crippen LogP contribution in [0.5, 0.6) is 5.75 Å². The van der Waals surface area contributed by atoms with E-state index in [4.69, 9.17) is 16.3 Å². The highest BCUT2D eigenvalue weighted by Gasteiger charge is 2.32. The Hall–Kier alpha value is -2.93. The highest BCUT2D eigenvalue weighted by Crippen LogP contribution is 2.28. The summed E-state index contributed by atoms with van der Waals surface area (Å²) < 4.78 is 5.45. The average Bonchev–Trinajstić information content (AvgIpc) is 3.14. The molecule has 4 rings (SSSR count). The van der Waals surface area contributed by atoms with Gasteiger partial charge in [0.1, 0.15) is 12.3 Å². The topological polar surface area (TPSA) is 56.3 Å². The zero-order valence-electron chi connectivity index (χ0n) is 17.0. The number of amides is 3. The van der Waals surface area contributed by atoms with Gasteiger partial charge in [0.05, 0.1) is 12.8 Å². The second-order valence-electron chi connectivity index (χ2n) is 7.37. The van der Waals surface area contributed by atoms with Gasteiger partial charge in [-0.15, -0.1) is 0 Å². The number of hydrogen-bond acceptors (Lipinski definition) is 4. The van der Waals surface area contributed by atoms with Crippen LogP contribution in [0.1, 0.15) is 0 Å². The van der Waals surface area contributed by atoms with E-state index in [2.05, 4.69) is 4.90 Å². The summed E-state index contributed by atoms with van der Waals surface area (Å²) in [7, 11) is 1.67. The molecular formula is C22H25ClN4O3. The Morgan fingerprint density at radius 2 is 1.67 bits per heavy atom. The first kappa shape index (κ1) is 20.3. The molecule has 0 N–H and O–H groups in total. The molecule has 2 aromatic rings. The predicted molar refractivity (Wildman–Crippen MR) is 118 cm³/mol. The molecule has 158 valence electrons. The molecule has 2 fully saturated rings. The van der Waals surface area contributed by atoms with Crippen LogP contribution in [-0.2, 0) is 4.79 Å². The number of ether oxygens (including phenoxy) is 1. The quantitative estimate of drug-likeness (QED) is 0.734. The summed E-state index contributed by atoms with van der Waals surface area (Å²) in [5.41, 5.74) is 1.84. The molecule has 8 heteroatoms. The van der Waals surface area contributed by atoms with Crippen molar-refractivity contribution < 1.29 is 14.3 Å². The van der Waals surface area contributed by atoms with E-state index in [1.54, 1.807) is 29.0 Å². The number of piperazine rings is 1. The first-order chi connectivity index (χ1) is 14.6. The third-order valence-electron chi connectivity index (χ3n) is 5.62. The Bertz CT molecular complexity index is 913. The monoisotopic (exact) mass is 428 g/mol. The van der Waals surface area contributed by atoms with E-state index in [0.717, 1.165) is 30.2 Å². The number of nitrogens with zero attached hydrogens (tertiary/aromatic N) is 4. The minimum Gasteiger partial charge on any atom is -0.495 e. The second kappa shape index (κ2) is 8.83. The Labute approximate surface area is 181 Å². The summed E-state index contributed by atoms with van der Waals surface area (Å²) in [5.74, 6) is 0.822. The molecule has 0 aliphatic carbocycles. The fourth-order valence-electron chi connectivity index (χ4n) is 3.94. The number of rotatable bonds is 5. The van der Waals surface area contributed by atoms with Gasteiger partial charge in [-0.05, 0) is 36.4 Å². The van der Waals surface area contributed by atoms with Gasteiger partial charge in [0.2, 0.25) is 5.91 Å². The first-order valence-electron chi connectivity index (χ1n) is 10.0. The molecule has 2 aliphatic heterocycles. The lowest BCUT2D eigenvalue weighted by atomic mass is 10.2. The van der Waals surface area contributed by atoms with Crippen LogP contribution < -0.4 is 14.5 Å². The number of carbonyl (C=O) groups excluding carboxylic acids is 2. The largest absolute Gasteiger partial charge is 0.495 e. The van der Waals surface area contributed by atoms with Gasteiger partial charge in [0, 0.05) is 50.0 Å². The fraction of sp³-hybridized carbons (Fsp3) is 0.364. The third-order valence-corrected chi connectivity index (χ3v) is 5.87. The molecular weight excluding hydrogens is 404 g/mol. The lowest BCUT2D eigenvalue weighted by molar-refractivity contribution is -0.131. The summed E-state index contributed by atoms with van der Waals surface area (Å²) in [6.07, 6.45) is 0. The summed E-state index contributed by atoms with van der Waals surface area (Å²) in [6.45, 7) is 3.93. The van der Waals surface area contributed by atoms with Crippen LogP contribution in [0.3, 0.4) is 0 Å². The number of para-hydroxylation sites is 2. The van der Waals surface area contributed by atoms with Crippen molar-refractivity contribution in [2.24, 2.45) is 0 Å². The maximum Gasteiger partial charge on any atom is 0.325 e. The molecule has 2 saturated heterocycles. The average molecular weight is 429 g/mol. The van der Waals surface area contributed by atoms with Crippen LogP contribution in [-0.4, -0.2) is 74.7 Å². The van der Waals surface area contributed by atoms with Gasteiger partial charge in [0.25, 0.3) is 0 Å². The summed E-state index contributed by atoms with van der Waals surface area (Å²) in [6, 6.07) is 14.9. The summed E-state index contributed by atoms with van der Waals surface area (Å²) in [5, 5.41) is 0.629. The molecule has 2 aliphatic rings. The van der Waals surface area contributed by atoms with Crippen molar-refractivity contribution in [3.63, 3.8) is 0 Å². The Morgan fingerprint density at radius 1 is 0.967 bits per heavy atom. The number of methoxy groups -OCH3 is 1. The van der Waals surface area contributed by atoms with E-state index >= 15 is 0 Å². The number of urea groups is 1. The maximum absolute atomic E-state index is 12.8. The molecule has 0 atom stereocenters. The zero-order valence-corrected chi connectivity index (χ0v) is 17.7. The summed E-state index contributed by atoms with van der Waals surface area (Å²) >= 11 is 5.93. The van der Waals surface area contributed by atoms with Gasteiger partial charge in [0.15, 0.2) is 0 Å². The molecule has 7 nitrogen and oxygen atoms in total. The Balaban J connectivity index is 1.32. The van der Waals surface area contributed by atoms with Crippen molar-refractivity contribution in [3.8, 4) is 5.75 Å². The smallest absolute Gasteiger partial charge is 0.325 e. The van der Waals surface area contributed by atoms with Gasteiger partial charge in [-0.2, -0.15) is 0 Å². The van der Waals surface area contributed by atoms with Crippen LogP contribution in [0, 0.1) is 0 Å². The number of carbonyl (C=O) groups is 2. The SMILES string of the molecule is COc1ccccc1N1CCN(C(=O)CN2CCN(c3ccc(Cl)cc3)C2=O)CC1. The van der Waals surface area contributed by atoms with Crippen LogP contribution >= 0.6 is 11.6 Å². The van der Waals surface area contributed by atoms with E-state index in [-0.39, 0.29) is 18.5 Å². The van der Waals surface area contributed by atoms with Crippen LogP contribution in [0.15, 0.2) is 48.5 Å². The van der Waals surface area contributed by atoms with E-state index < -0.39 is 0 Å². The number of hydrogen-bond donors (Lipinski definition) is 0. The van der Waals surface area contributed by atoms with E-state index in [1.807, 2.05) is 41.3 Å². The third kappa shape index (κ3) is 4.16. The van der Waals surface area contributed by atoms with Gasteiger partial charge in [-0.3, -0.25) is 9.69 Å². The molecule has 3 amide bonds. The van der Waals surface area contributed by atoms with Crippen molar-refractivity contribution in [3.05, 3.63) is 53.6 Å². The van der Waals surface area contributed by atoms with Gasteiger partial charge < -0.3 is 19.4 Å². The van der Waals surface area contributed by atoms with Gasteiger partial charge in [-0.1, -0.05) is 23.7 Å². The van der Waals surface area contributed by atoms with E-state index in [1.165, 1.54) is 0 Å². The predicted octanol–water partition coefficient (Wildman–Crippen LogP) is 2.94. The van der Waals surface area contributed by atoms with Crippen molar-refractivity contribution >= 4 is 34.9 Å². The molecule has 0 radical (unpaired) electrons. The van der Waals surface area contributed by atoms with Crippen LogP contribution in [0.4, 0.5) is 16.2 Å². The Morgan fingerprint density at radius 3 is 2.37 bits per heavy atom. The number of anilines is 2. The zero-order chi connectivity index (χ0) is 21.1. The molecule has 0 spiro atoms. The van der Waals surface area contributed by atoms with E-state index in [9.17, 15) is 9.59 Å². The second-order valence-corrected chi connectivity index (χ2v) is 7.81. The molecule has 2 aromatic carbocycles. The summed E-state index contributed by atoms with van der Waals surface area (Å²) in [4.78, 5) is 32.9. The minimum atomic E-state index is -0.140. The van der Waals surface area contributed by atoms with Crippen LogP contribution in [0.2, 0.25) is 5.02 Å². The molecule has 0 unspecified atom stereocenters. The van der Waals surface area contributed by atoms with Crippen LogP contribution in [0.25, 0.3) is 0 Å².